The summed E-state index contributed by atoms with van der Waals surface area (Å²) >= 11 is 1.75. The second-order valence-electron chi connectivity index (χ2n) is 6.92. The zero-order valence-corrected chi connectivity index (χ0v) is 16.4. The molecule has 0 radical (unpaired) electrons. The Bertz CT molecular complexity index is 902. The number of fused-ring (bicyclic) bond motifs is 2. The molecule has 1 aliphatic heterocycles. The molecule has 5 heteroatoms. The van der Waals surface area contributed by atoms with Gasteiger partial charge in [0.2, 0.25) is 0 Å². The van der Waals surface area contributed by atoms with E-state index in [1.807, 2.05) is 0 Å². The fraction of sp³-hybridized carbons (Fsp3) is 0.429. The van der Waals surface area contributed by atoms with Gasteiger partial charge in [0.1, 0.15) is 16.5 Å². The van der Waals surface area contributed by atoms with E-state index >= 15 is 0 Å². The van der Waals surface area contributed by atoms with Crippen molar-refractivity contribution in [3.8, 4) is 0 Å². The summed E-state index contributed by atoms with van der Waals surface area (Å²) in [7, 11) is 0. The van der Waals surface area contributed by atoms with Gasteiger partial charge in [-0.3, -0.25) is 0 Å². The van der Waals surface area contributed by atoms with Crippen LogP contribution in [0.2, 0.25) is 0 Å². The zero-order chi connectivity index (χ0) is 17.9. The van der Waals surface area contributed by atoms with Crippen molar-refractivity contribution in [1.29, 1.82) is 0 Å². The smallest absolute Gasteiger partial charge is 0.138 e. The summed E-state index contributed by atoms with van der Waals surface area (Å²) in [6, 6.07) is 11.0. The molecule has 1 aliphatic rings. The second kappa shape index (κ2) is 7.62. The van der Waals surface area contributed by atoms with Crippen LogP contribution in [0, 0.1) is 6.92 Å². The number of benzene rings is 1. The lowest BCUT2D eigenvalue weighted by atomic mass is 10.0. The Morgan fingerprint density at radius 1 is 1.23 bits per heavy atom. The quantitative estimate of drug-likeness (QED) is 0.635. The van der Waals surface area contributed by atoms with Gasteiger partial charge in [-0.2, -0.15) is 0 Å². The number of thiophene rings is 1. The number of rotatable bonds is 6. The lowest BCUT2D eigenvalue weighted by molar-refractivity contribution is 0.673. The minimum Gasteiger partial charge on any atom is -0.371 e. The molecule has 0 saturated carbocycles. The largest absolute Gasteiger partial charge is 0.371 e. The minimum atomic E-state index is 0.867. The Morgan fingerprint density at radius 2 is 2.12 bits per heavy atom. The molecule has 1 N–H and O–H groups in total. The first-order valence-electron chi connectivity index (χ1n) is 9.58. The van der Waals surface area contributed by atoms with Crippen molar-refractivity contribution in [2.24, 2.45) is 0 Å². The predicted octanol–water partition coefficient (Wildman–Crippen LogP) is 4.82. The van der Waals surface area contributed by atoms with E-state index in [1.54, 1.807) is 11.3 Å². The molecular formula is C21H26N4S. The van der Waals surface area contributed by atoms with E-state index in [0.717, 1.165) is 47.8 Å². The molecule has 1 aromatic carbocycles. The van der Waals surface area contributed by atoms with Gasteiger partial charge >= 0.3 is 0 Å². The van der Waals surface area contributed by atoms with E-state index in [4.69, 9.17) is 4.98 Å². The van der Waals surface area contributed by atoms with Crippen LogP contribution < -0.4 is 10.2 Å². The third-order valence-electron chi connectivity index (χ3n) is 4.98. The summed E-state index contributed by atoms with van der Waals surface area (Å²) in [5.74, 6) is 1.92. The van der Waals surface area contributed by atoms with E-state index in [-0.39, 0.29) is 0 Å². The average molecular weight is 367 g/mol. The third kappa shape index (κ3) is 3.54. The SMILES string of the molecule is CCc1nc(NCCCN2CCCc3ccccc32)c2cc(C)sc2n1. The molecular weight excluding hydrogens is 340 g/mol. The van der Waals surface area contributed by atoms with Crippen LogP contribution in [0.25, 0.3) is 10.2 Å². The average Bonchev–Trinajstić information content (AvgIpc) is 3.05. The highest BCUT2D eigenvalue weighted by Crippen LogP contribution is 2.29. The minimum absolute atomic E-state index is 0.867. The Hall–Kier alpha value is -2.14. The molecule has 0 bridgehead atoms. The fourth-order valence-corrected chi connectivity index (χ4v) is 4.60. The molecule has 3 heterocycles. The van der Waals surface area contributed by atoms with Gasteiger partial charge in [-0.25, -0.2) is 9.97 Å². The van der Waals surface area contributed by atoms with Gasteiger partial charge in [-0.15, -0.1) is 11.3 Å². The molecule has 0 saturated heterocycles. The zero-order valence-electron chi connectivity index (χ0n) is 15.6. The Balaban J connectivity index is 1.41. The summed E-state index contributed by atoms with van der Waals surface area (Å²) < 4.78 is 0. The summed E-state index contributed by atoms with van der Waals surface area (Å²) in [4.78, 5) is 14.3. The van der Waals surface area contributed by atoms with E-state index in [1.165, 1.54) is 35.5 Å². The van der Waals surface area contributed by atoms with E-state index < -0.39 is 0 Å². The number of hydrogen-bond acceptors (Lipinski definition) is 5. The van der Waals surface area contributed by atoms with Gasteiger partial charge < -0.3 is 10.2 Å². The normalized spacial score (nSPS) is 13.8. The maximum Gasteiger partial charge on any atom is 0.138 e. The summed E-state index contributed by atoms with van der Waals surface area (Å²) in [5, 5.41) is 4.73. The van der Waals surface area contributed by atoms with E-state index in [2.05, 4.69) is 59.4 Å². The predicted molar refractivity (Wildman–Crippen MR) is 112 cm³/mol. The molecule has 0 aliphatic carbocycles. The Labute approximate surface area is 159 Å². The molecule has 26 heavy (non-hydrogen) atoms. The molecule has 0 amide bonds. The van der Waals surface area contributed by atoms with Crippen LogP contribution in [0.1, 0.15) is 36.0 Å². The van der Waals surface area contributed by atoms with Crippen LogP contribution in [-0.2, 0) is 12.8 Å². The van der Waals surface area contributed by atoms with Gasteiger partial charge in [-0.05, 0) is 43.9 Å². The number of nitrogens with one attached hydrogen (secondary N) is 1. The van der Waals surface area contributed by atoms with Gasteiger partial charge in [0.25, 0.3) is 0 Å². The van der Waals surface area contributed by atoms with Gasteiger partial charge in [0.05, 0.1) is 5.39 Å². The van der Waals surface area contributed by atoms with Gasteiger partial charge in [0.15, 0.2) is 0 Å². The van der Waals surface area contributed by atoms with Crippen LogP contribution in [0.3, 0.4) is 0 Å². The summed E-state index contributed by atoms with van der Waals surface area (Å²) in [6.45, 7) is 7.43. The summed E-state index contributed by atoms with van der Waals surface area (Å²) in [6.07, 6.45) is 4.43. The van der Waals surface area contributed by atoms with Gasteiger partial charge in [-0.1, -0.05) is 25.1 Å². The topological polar surface area (TPSA) is 41.1 Å². The van der Waals surface area contributed by atoms with Crippen molar-refractivity contribution in [2.45, 2.75) is 39.5 Å². The maximum atomic E-state index is 4.72. The lowest BCUT2D eigenvalue weighted by Crippen LogP contribution is -2.31. The van der Waals surface area contributed by atoms with Crippen LogP contribution in [0.5, 0.6) is 0 Å². The van der Waals surface area contributed by atoms with E-state index in [9.17, 15) is 0 Å². The first-order chi connectivity index (χ1) is 12.7. The Kier molecular flexibility index (Phi) is 5.07. The molecule has 2 aromatic heterocycles. The van der Waals surface area contributed by atoms with E-state index in [0.29, 0.717) is 0 Å². The lowest BCUT2D eigenvalue weighted by Gasteiger charge is -2.31. The van der Waals surface area contributed by atoms with Crippen LogP contribution in [0.4, 0.5) is 11.5 Å². The van der Waals surface area contributed by atoms with Crippen molar-refractivity contribution in [3.05, 3.63) is 46.6 Å². The second-order valence-corrected chi connectivity index (χ2v) is 8.15. The Morgan fingerprint density at radius 3 is 3.00 bits per heavy atom. The van der Waals surface area contributed by atoms with Crippen LogP contribution in [0.15, 0.2) is 30.3 Å². The number of anilines is 2. The molecule has 0 fully saturated rings. The number of nitrogens with zero attached hydrogens (tertiary/aromatic N) is 3. The molecule has 136 valence electrons. The number of hydrogen-bond donors (Lipinski definition) is 1. The molecule has 4 nitrogen and oxygen atoms in total. The monoisotopic (exact) mass is 366 g/mol. The molecule has 3 aromatic rings. The molecule has 4 rings (SSSR count). The molecule has 0 atom stereocenters. The van der Waals surface area contributed by atoms with Crippen LogP contribution >= 0.6 is 11.3 Å². The first kappa shape index (κ1) is 17.3. The van der Waals surface area contributed by atoms with Crippen molar-refractivity contribution in [2.75, 3.05) is 29.9 Å². The highest BCUT2D eigenvalue weighted by Gasteiger charge is 2.15. The van der Waals surface area contributed by atoms with Crippen molar-refractivity contribution in [3.63, 3.8) is 0 Å². The number of aryl methyl sites for hydroxylation is 3. The highest BCUT2D eigenvalue weighted by atomic mass is 32.1. The van der Waals surface area contributed by atoms with Crippen molar-refractivity contribution in [1.82, 2.24) is 9.97 Å². The molecule has 0 spiro atoms. The van der Waals surface area contributed by atoms with Gasteiger partial charge in [0, 0.05) is 36.6 Å². The standard InChI is InChI=1S/C21H26N4S/c1-3-19-23-20(17-14-15(2)26-21(17)24-19)22-11-7-13-25-12-6-9-16-8-4-5-10-18(16)25/h4-5,8,10,14H,3,6-7,9,11-13H2,1-2H3,(H,22,23,24). The third-order valence-corrected chi connectivity index (χ3v) is 5.93. The number of para-hydroxylation sites is 1. The highest BCUT2D eigenvalue weighted by molar-refractivity contribution is 7.18. The first-order valence-corrected chi connectivity index (χ1v) is 10.4. The number of aromatic nitrogens is 2. The maximum absolute atomic E-state index is 4.72. The van der Waals surface area contributed by atoms with Crippen molar-refractivity contribution >= 4 is 33.1 Å². The van der Waals surface area contributed by atoms with Crippen molar-refractivity contribution < 1.29 is 0 Å². The van der Waals surface area contributed by atoms with Crippen LogP contribution in [-0.4, -0.2) is 29.6 Å². The summed E-state index contributed by atoms with van der Waals surface area (Å²) in [5.41, 5.74) is 2.91. The fourth-order valence-electron chi connectivity index (χ4n) is 3.70. The molecule has 0 unspecified atom stereocenters.